The van der Waals surface area contributed by atoms with Gasteiger partial charge >= 0.3 is 0 Å². The first-order valence-electron chi connectivity index (χ1n) is 6.25. The molecule has 14 heavy (non-hydrogen) atoms. The van der Waals surface area contributed by atoms with Crippen LogP contribution < -0.4 is 11.5 Å². The van der Waals surface area contributed by atoms with Gasteiger partial charge in [0.1, 0.15) is 0 Å². The van der Waals surface area contributed by atoms with E-state index in [1.165, 1.54) is 25.7 Å². The van der Waals surface area contributed by atoms with E-state index in [9.17, 15) is 0 Å². The van der Waals surface area contributed by atoms with Crippen molar-refractivity contribution < 1.29 is 0 Å². The summed E-state index contributed by atoms with van der Waals surface area (Å²) in [4.78, 5) is 0. The Morgan fingerprint density at radius 3 is 2.36 bits per heavy atom. The predicted octanol–water partition coefficient (Wildman–Crippen LogP) is 1.20. The molecule has 3 saturated carbocycles. The molecule has 0 spiro atoms. The SMILES string of the molecule is NC[C@H]1C[C@H]2C[C@@H]1[C@@H]1CC[C@@H](CN)[C@@H]21. The van der Waals surface area contributed by atoms with Gasteiger partial charge < -0.3 is 11.5 Å². The molecule has 0 radical (unpaired) electrons. The van der Waals surface area contributed by atoms with Crippen molar-refractivity contribution in [2.24, 2.45) is 47.0 Å². The first kappa shape index (κ1) is 9.17. The minimum atomic E-state index is 0.855. The molecule has 2 bridgehead atoms. The highest BCUT2D eigenvalue weighted by atomic mass is 14.7. The van der Waals surface area contributed by atoms with Crippen molar-refractivity contribution in [1.29, 1.82) is 0 Å². The Balaban J connectivity index is 1.80. The van der Waals surface area contributed by atoms with Crippen LogP contribution in [0.1, 0.15) is 25.7 Å². The number of fused-ring (bicyclic) bond motifs is 5. The summed E-state index contributed by atoms with van der Waals surface area (Å²) < 4.78 is 0. The summed E-state index contributed by atoms with van der Waals surface area (Å²) in [6, 6.07) is 0. The maximum Gasteiger partial charge on any atom is -0.00460 e. The van der Waals surface area contributed by atoms with E-state index in [-0.39, 0.29) is 0 Å². The summed E-state index contributed by atoms with van der Waals surface area (Å²) in [6.07, 6.45) is 5.74. The Kier molecular flexibility index (Phi) is 2.10. The van der Waals surface area contributed by atoms with Crippen molar-refractivity contribution in [3.05, 3.63) is 0 Å². The van der Waals surface area contributed by atoms with Gasteiger partial charge in [0.15, 0.2) is 0 Å². The maximum atomic E-state index is 5.86. The molecular weight excluding hydrogens is 172 g/mol. The molecule has 0 aliphatic heterocycles. The van der Waals surface area contributed by atoms with Crippen LogP contribution in [0.5, 0.6) is 0 Å². The minimum absolute atomic E-state index is 0.855. The van der Waals surface area contributed by atoms with Gasteiger partial charge in [-0.25, -0.2) is 0 Å². The third kappa shape index (κ3) is 1.04. The molecule has 3 fully saturated rings. The number of nitrogens with two attached hydrogens (primary N) is 2. The van der Waals surface area contributed by atoms with E-state index in [0.29, 0.717) is 0 Å². The van der Waals surface area contributed by atoms with Gasteiger partial charge in [-0.2, -0.15) is 0 Å². The third-order valence-corrected chi connectivity index (χ3v) is 5.40. The summed E-state index contributed by atoms with van der Waals surface area (Å²) in [5.41, 5.74) is 11.7. The normalized spacial score (nSPS) is 55.3. The zero-order valence-electron chi connectivity index (χ0n) is 8.86. The van der Waals surface area contributed by atoms with Crippen LogP contribution in [-0.2, 0) is 0 Å². The highest BCUT2D eigenvalue weighted by Gasteiger charge is 2.56. The lowest BCUT2D eigenvalue weighted by Crippen LogP contribution is -2.32. The molecule has 6 atom stereocenters. The first-order valence-corrected chi connectivity index (χ1v) is 6.25. The second-order valence-electron chi connectivity index (χ2n) is 5.71. The van der Waals surface area contributed by atoms with Gasteiger partial charge in [0.25, 0.3) is 0 Å². The van der Waals surface area contributed by atoms with E-state index < -0.39 is 0 Å². The van der Waals surface area contributed by atoms with Gasteiger partial charge in [0.2, 0.25) is 0 Å². The number of hydrogen-bond acceptors (Lipinski definition) is 2. The smallest absolute Gasteiger partial charge is 0.00460 e. The van der Waals surface area contributed by atoms with Crippen molar-refractivity contribution in [3.8, 4) is 0 Å². The van der Waals surface area contributed by atoms with E-state index in [2.05, 4.69) is 0 Å². The Hall–Kier alpha value is -0.0800. The van der Waals surface area contributed by atoms with E-state index in [4.69, 9.17) is 11.5 Å². The van der Waals surface area contributed by atoms with E-state index >= 15 is 0 Å². The zero-order valence-corrected chi connectivity index (χ0v) is 8.86. The first-order chi connectivity index (χ1) is 6.85. The molecule has 3 aliphatic rings. The van der Waals surface area contributed by atoms with Crippen LogP contribution in [0.3, 0.4) is 0 Å². The molecule has 4 N–H and O–H groups in total. The van der Waals surface area contributed by atoms with Gasteiger partial charge in [-0.3, -0.25) is 0 Å². The van der Waals surface area contributed by atoms with Crippen LogP contribution in [0.4, 0.5) is 0 Å². The van der Waals surface area contributed by atoms with Crippen LogP contribution in [0.15, 0.2) is 0 Å². The van der Waals surface area contributed by atoms with Gasteiger partial charge in [-0.05, 0) is 74.3 Å². The molecule has 2 heteroatoms. The standard InChI is InChI=1S/C12H22N2/c13-5-7-1-2-10-11-4-8(12(7)10)3-9(11)6-14/h7-12H,1-6,13-14H2/t7-,8-,9+,10-,11-,12-/m0/s1. The van der Waals surface area contributed by atoms with Gasteiger partial charge in [-0.1, -0.05) is 0 Å². The van der Waals surface area contributed by atoms with Crippen molar-refractivity contribution in [1.82, 2.24) is 0 Å². The summed E-state index contributed by atoms with van der Waals surface area (Å²) in [5.74, 6) is 5.69. The lowest BCUT2D eigenvalue weighted by molar-refractivity contribution is 0.166. The van der Waals surface area contributed by atoms with Crippen molar-refractivity contribution in [2.75, 3.05) is 13.1 Å². The largest absolute Gasteiger partial charge is 0.330 e. The molecule has 3 rings (SSSR count). The fraction of sp³-hybridized carbons (Fsp3) is 1.00. The number of hydrogen-bond donors (Lipinski definition) is 2. The fourth-order valence-electron chi connectivity index (χ4n) is 4.96. The average Bonchev–Trinajstić information content (AvgIpc) is 2.87. The van der Waals surface area contributed by atoms with Crippen LogP contribution >= 0.6 is 0 Å². The van der Waals surface area contributed by atoms with Crippen molar-refractivity contribution in [3.63, 3.8) is 0 Å². The molecule has 80 valence electrons. The molecule has 0 unspecified atom stereocenters. The molecule has 0 aromatic heterocycles. The lowest BCUT2D eigenvalue weighted by Gasteiger charge is -2.33. The predicted molar refractivity (Wildman–Crippen MR) is 57.5 cm³/mol. The fourth-order valence-corrected chi connectivity index (χ4v) is 4.96. The summed E-state index contributed by atoms with van der Waals surface area (Å²) >= 11 is 0. The lowest BCUT2D eigenvalue weighted by atomic mass is 9.73. The van der Waals surface area contributed by atoms with Crippen molar-refractivity contribution in [2.45, 2.75) is 25.7 Å². The van der Waals surface area contributed by atoms with Gasteiger partial charge in [0.05, 0.1) is 0 Å². The van der Waals surface area contributed by atoms with E-state index in [1.54, 1.807) is 0 Å². The molecule has 0 heterocycles. The monoisotopic (exact) mass is 194 g/mol. The summed E-state index contributed by atoms with van der Waals surface area (Å²) in [7, 11) is 0. The Morgan fingerprint density at radius 2 is 1.64 bits per heavy atom. The van der Waals surface area contributed by atoms with Gasteiger partial charge in [-0.15, -0.1) is 0 Å². The minimum Gasteiger partial charge on any atom is -0.330 e. The molecular formula is C12H22N2. The zero-order chi connectivity index (χ0) is 9.71. The van der Waals surface area contributed by atoms with E-state index in [0.717, 1.165) is 48.6 Å². The highest BCUT2D eigenvalue weighted by Crippen LogP contribution is 2.62. The number of rotatable bonds is 2. The maximum absolute atomic E-state index is 5.86. The molecule has 2 nitrogen and oxygen atoms in total. The molecule has 0 aromatic rings. The molecule has 0 amide bonds. The van der Waals surface area contributed by atoms with Crippen LogP contribution in [-0.4, -0.2) is 13.1 Å². The highest BCUT2D eigenvalue weighted by molar-refractivity contribution is 5.05. The Morgan fingerprint density at radius 1 is 0.857 bits per heavy atom. The third-order valence-electron chi connectivity index (χ3n) is 5.40. The molecule has 0 saturated heterocycles. The van der Waals surface area contributed by atoms with E-state index in [1.807, 2.05) is 0 Å². The molecule has 3 aliphatic carbocycles. The molecule has 0 aromatic carbocycles. The van der Waals surface area contributed by atoms with Crippen LogP contribution in [0, 0.1) is 35.5 Å². The summed E-state index contributed by atoms with van der Waals surface area (Å²) in [5, 5.41) is 0. The van der Waals surface area contributed by atoms with Gasteiger partial charge in [0, 0.05) is 0 Å². The topological polar surface area (TPSA) is 52.0 Å². The second kappa shape index (κ2) is 3.21. The van der Waals surface area contributed by atoms with Crippen LogP contribution in [0.25, 0.3) is 0 Å². The van der Waals surface area contributed by atoms with Crippen LogP contribution in [0.2, 0.25) is 0 Å². The summed E-state index contributed by atoms with van der Waals surface area (Å²) in [6.45, 7) is 1.86. The van der Waals surface area contributed by atoms with Crippen molar-refractivity contribution >= 4 is 0 Å². The Bertz CT molecular complexity index is 226. The average molecular weight is 194 g/mol. The second-order valence-corrected chi connectivity index (χ2v) is 5.71. The Labute approximate surface area is 86.4 Å². The quantitative estimate of drug-likeness (QED) is 0.694.